The second-order valence-electron chi connectivity index (χ2n) is 7.21. The Kier molecular flexibility index (Phi) is 4.93. The average molecular weight is 304 g/mol. The molecule has 1 aromatic rings. The van der Waals surface area contributed by atoms with Crippen molar-refractivity contribution in [2.24, 2.45) is 0 Å². The molecule has 1 fully saturated rings. The Hall–Kier alpha value is -1.39. The van der Waals surface area contributed by atoms with Crippen LogP contribution in [0.5, 0.6) is 0 Å². The van der Waals surface area contributed by atoms with Gasteiger partial charge in [0.15, 0.2) is 0 Å². The molecule has 1 aliphatic heterocycles. The lowest BCUT2D eigenvalue weighted by molar-refractivity contribution is -0.0697. The molecule has 0 radical (unpaired) electrons. The Morgan fingerprint density at radius 1 is 1.32 bits per heavy atom. The number of carbonyl (C=O) groups excluding carboxylic acids is 1. The second-order valence-corrected chi connectivity index (χ2v) is 7.21. The van der Waals surface area contributed by atoms with Gasteiger partial charge in [-0.05, 0) is 64.8 Å². The lowest BCUT2D eigenvalue weighted by Crippen LogP contribution is -2.44. The van der Waals surface area contributed by atoms with Gasteiger partial charge in [-0.3, -0.25) is 4.79 Å². The van der Waals surface area contributed by atoms with Gasteiger partial charge in [0.2, 0.25) is 0 Å². The highest BCUT2D eigenvalue weighted by Crippen LogP contribution is 2.37. The summed E-state index contributed by atoms with van der Waals surface area (Å²) in [4.78, 5) is 11.7. The molecule has 1 heterocycles. The van der Waals surface area contributed by atoms with Crippen molar-refractivity contribution in [2.45, 2.75) is 57.8 Å². The van der Waals surface area contributed by atoms with Gasteiger partial charge in [0.25, 0.3) is 5.91 Å². The van der Waals surface area contributed by atoms with E-state index >= 15 is 0 Å². The Morgan fingerprint density at radius 3 is 2.64 bits per heavy atom. The first kappa shape index (κ1) is 17.0. The molecule has 122 valence electrons. The Morgan fingerprint density at radius 2 is 2.05 bits per heavy atom. The molecule has 1 aliphatic rings. The van der Waals surface area contributed by atoms with Gasteiger partial charge in [-0.15, -0.1) is 0 Å². The van der Waals surface area contributed by atoms with Crippen LogP contribution in [0.25, 0.3) is 0 Å². The molecule has 1 saturated heterocycles. The summed E-state index contributed by atoms with van der Waals surface area (Å²) >= 11 is 0. The summed E-state index contributed by atoms with van der Waals surface area (Å²) in [7, 11) is 1.65. The van der Waals surface area contributed by atoms with Gasteiger partial charge in [0.1, 0.15) is 0 Å². The molecule has 0 unspecified atom stereocenters. The van der Waals surface area contributed by atoms with Gasteiger partial charge >= 0.3 is 0 Å². The van der Waals surface area contributed by atoms with Gasteiger partial charge in [-0.2, -0.15) is 0 Å². The molecular formula is C18H28N2O2. The normalized spacial score (nSPS) is 22.5. The van der Waals surface area contributed by atoms with Gasteiger partial charge in [0, 0.05) is 18.7 Å². The molecule has 2 N–H and O–H groups in total. The van der Waals surface area contributed by atoms with E-state index in [4.69, 9.17) is 4.74 Å². The van der Waals surface area contributed by atoms with E-state index in [-0.39, 0.29) is 17.1 Å². The van der Waals surface area contributed by atoms with E-state index in [1.54, 1.807) is 7.05 Å². The molecule has 0 saturated carbocycles. The van der Waals surface area contributed by atoms with E-state index in [1.807, 2.05) is 18.2 Å². The van der Waals surface area contributed by atoms with Crippen molar-refractivity contribution in [3.8, 4) is 0 Å². The van der Waals surface area contributed by atoms with E-state index in [9.17, 15) is 4.79 Å². The van der Waals surface area contributed by atoms with E-state index < -0.39 is 0 Å². The number of benzene rings is 1. The zero-order valence-electron chi connectivity index (χ0n) is 14.3. The van der Waals surface area contributed by atoms with Gasteiger partial charge in [-0.25, -0.2) is 0 Å². The summed E-state index contributed by atoms with van der Waals surface area (Å²) in [5, 5.41) is 6.27. The van der Waals surface area contributed by atoms with E-state index in [1.165, 1.54) is 5.56 Å². The van der Waals surface area contributed by atoms with Crippen LogP contribution < -0.4 is 10.6 Å². The van der Waals surface area contributed by atoms with E-state index in [2.05, 4.69) is 44.4 Å². The standard InChI is InChI=1S/C18H28N2O2/c1-17(2)12-15(18(3,4)22-17)20-10-9-13-7-6-8-14(11-13)16(21)19-5/h6-8,11,15,20H,9-10,12H2,1-5H3,(H,19,21)/t15-/m0/s1. The number of carbonyl (C=O) groups is 1. The lowest BCUT2D eigenvalue weighted by atomic mass is 9.94. The van der Waals surface area contributed by atoms with Gasteiger partial charge in [-0.1, -0.05) is 12.1 Å². The zero-order chi connectivity index (χ0) is 16.4. The molecule has 4 nitrogen and oxygen atoms in total. The zero-order valence-corrected chi connectivity index (χ0v) is 14.3. The maximum absolute atomic E-state index is 11.7. The van der Waals surface area contributed by atoms with E-state index in [0.717, 1.165) is 19.4 Å². The monoisotopic (exact) mass is 304 g/mol. The molecular weight excluding hydrogens is 276 g/mol. The third-order valence-corrected chi connectivity index (χ3v) is 4.29. The molecule has 0 spiro atoms. The quantitative estimate of drug-likeness (QED) is 0.879. The molecule has 4 heteroatoms. The highest BCUT2D eigenvalue weighted by Gasteiger charge is 2.45. The van der Waals surface area contributed by atoms with Crippen LogP contribution >= 0.6 is 0 Å². The molecule has 22 heavy (non-hydrogen) atoms. The number of hydrogen-bond acceptors (Lipinski definition) is 3. The highest BCUT2D eigenvalue weighted by atomic mass is 16.5. The van der Waals surface area contributed by atoms with Crippen LogP contribution in [0.3, 0.4) is 0 Å². The minimum Gasteiger partial charge on any atom is -0.368 e. The fraction of sp³-hybridized carbons (Fsp3) is 0.611. The maximum Gasteiger partial charge on any atom is 0.251 e. The summed E-state index contributed by atoms with van der Waals surface area (Å²) in [5.74, 6) is -0.0399. The SMILES string of the molecule is CNC(=O)c1cccc(CCN[C@H]2CC(C)(C)OC2(C)C)c1. The van der Waals surface area contributed by atoms with Crippen molar-refractivity contribution >= 4 is 5.91 Å². The summed E-state index contributed by atoms with van der Waals surface area (Å²) in [5.41, 5.74) is 1.67. The predicted octanol–water partition coefficient (Wildman–Crippen LogP) is 2.52. The Balaban J connectivity index is 1.90. The summed E-state index contributed by atoms with van der Waals surface area (Å²) < 4.78 is 6.10. The molecule has 2 rings (SSSR count). The van der Waals surface area contributed by atoms with Crippen LogP contribution in [0.2, 0.25) is 0 Å². The minimum atomic E-state index is -0.145. The first-order valence-corrected chi connectivity index (χ1v) is 7.98. The van der Waals surface area contributed by atoms with Gasteiger partial charge < -0.3 is 15.4 Å². The minimum absolute atomic E-state index is 0.0399. The van der Waals surface area contributed by atoms with Crippen LogP contribution in [-0.4, -0.2) is 36.7 Å². The number of ether oxygens (including phenoxy) is 1. The summed E-state index contributed by atoms with van der Waals surface area (Å²) in [6.45, 7) is 9.45. The van der Waals surface area contributed by atoms with Crippen molar-refractivity contribution in [2.75, 3.05) is 13.6 Å². The predicted molar refractivity (Wildman–Crippen MR) is 89.2 cm³/mol. The first-order valence-electron chi connectivity index (χ1n) is 7.98. The molecule has 1 amide bonds. The molecule has 1 atom stereocenters. The number of rotatable bonds is 5. The van der Waals surface area contributed by atoms with Gasteiger partial charge in [0.05, 0.1) is 11.2 Å². The van der Waals surface area contributed by atoms with Crippen molar-refractivity contribution in [3.05, 3.63) is 35.4 Å². The van der Waals surface area contributed by atoms with Crippen LogP contribution in [0.4, 0.5) is 0 Å². The number of nitrogens with one attached hydrogen (secondary N) is 2. The van der Waals surface area contributed by atoms with Crippen molar-refractivity contribution < 1.29 is 9.53 Å². The fourth-order valence-electron chi connectivity index (χ4n) is 3.28. The van der Waals surface area contributed by atoms with Crippen molar-refractivity contribution in [3.63, 3.8) is 0 Å². The van der Waals surface area contributed by atoms with E-state index in [0.29, 0.717) is 11.6 Å². The van der Waals surface area contributed by atoms with Crippen molar-refractivity contribution in [1.82, 2.24) is 10.6 Å². The summed E-state index contributed by atoms with van der Waals surface area (Å²) in [6.07, 6.45) is 1.91. The second kappa shape index (κ2) is 6.39. The molecule has 0 bridgehead atoms. The maximum atomic E-state index is 11.7. The largest absolute Gasteiger partial charge is 0.368 e. The topological polar surface area (TPSA) is 50.4 Å². The number of amides is 1. The third kappa shape index (κ3) is 4.08. The molecule has 0 aromatic heterocycles. The highest BCUT2D eigenvalue weighted by molar-refractivity contribution is 5.94. The smallest absolute Gasteiger partial charge is 0.251 e. The van der Waals surface area contributed by atoms with Crippen LogP contribution in [0.1, 0.15) is 50.0 Å². The molecule has 0 aliphatic carbocycles. The average Bonchev–Trinajstić information content (AvgIpc) is 2.65. The first-order chi connectivity index (χ1) is 10.2. The third-order valence-electron chi connectivity index (χ3n) is 4.29. The lowest BCUT2D eigenvalue weighted by Gasteiger charge is -2.28. The van der Waals surface area contributed by atoms with Crippen molar-refractivity contribution in [1.29, 1.82) is 0 Å². The van der Waals surface area contributed by atoms with Crippen LogP contribution in [0, 0.1) is 0 Å². The van der Waals surface area contributed by atoms with Crippen LogP contribution in [0.15, 0.2) is 24.3 Å². The Bertz CT molecular complexity index is 538. The summed E-state index contributed by atoms with van der Waals surface area (Å²) in [6, 6.07) is 8.15. The number of hydrogen-bond donors (Lipinski definition) is 2. The Labute approximate surface area is 133 Å². The molecule has 1 aromatic carbocycles. The van der Waals surface area contributed by atoms with Crippen LogP contribution in [-0.2, 0) is 11.2 Å². The fourth-order valence-corrected chi connectivity index (χ4v) is 3.28.